The van der Waals surface area contributed by atoms with E-state index in [1.165, 1.54) is 6.07 Å². The number of nitrogens with zero attached hydrogens (tertiary/aromatic N) is 4. The molecule has 0 fully saturated rings. The molecule has 7 nitrogen and oxygen atoms in total. The molecule has 31 heavy (non-hydrogen) atoms. The number of nitrogens with one attached hydrogen (secondary N) is 1. The van der Waals surface area contributed by atoms with E-state index in [9.17, 15) is 4.39 Å². The molecule has 0 amide bonds. The number of likely N-dealkylation sites (N-methyl/N-ethyl adjacent to an activating group) is 1. The standard InChI is InChI=1S/C22H23ClFN5O2/c1-4-30-20-11-17-16(10-19(20)31-9-8-28(2)3)26-22(18-12-25-13-29(17)18)27-21-14(23)6-5-7-15(21)24/h5-7,10-13H,4,8-9H2,1-3H3,(H,26,27). The zero-order chi connectivity index (χ0) is 22.0. The van der Waals surface area contributed by atoms with Gasteiger partial charge in [-0.2, -0.15) is 0 Å². The molecule has 0 unspecified atom stereocenters. The van der Waals surface area contributed by atoms with Crippen molar-refractivity contribution in [3.63, 3.8) is 0 Å². The first-order valence-electron chi connectivity index (χ1n) is 9.89. The van der Waals surface area contributed by atoms with E-state index in [4.69, 9.17) is 26.1 Å². The molecular formula is C22H23ClFN5O2. The lowest BCUT2D eigenvalue weighted by molar-refractivity contribution is 0.244. The van der Waals surface area contributed by atoms with Gasteiger partial charge in [0.2, 0.25) is 0 Å². The Labute approximate surface area is 184 Å². The van der Waals surface area contributed by atoms with Crippen LogP contribution in [0.1, 0.15) is 6.92 Å². The molecule has 0 radical (unpaired) electrons. The monoisotopic (exact) mass is 443 g/mol. The molecule has 0 saturated heterocycles. The highest BCUT2D eigenvalue weighted by Gasteiger charge is 2.16. The van der Waals surface area contributed by atoms with Crippen molar-refractivity contribution in [2.45, 2.75) is 6.92 Å². The molecular weight excluding hydrogens is 421 g/mol. The highest BCUT2D eigenvalue weighted by Crippen LogP contribution is 2.35. The summed E-state index contributed by atoms with van der Waals surface area (Å²) in [5, 5.41) is 3.28. The van der Waals surface area contributed by atoms with Crippen LogP contribution < -0.4 is 14.8 Å². The fraction of sp³-hybridized carbons (Fsp3) is 0.273. The molecule has 1 N–H and O–H groups in total. The number of anilines is 2. The van der Waals surface area contributed by atoms with Gasteiger partial charge in [-0.05, 0) is 33.2 Å². The fourth-order valence-electron chi connectivity index (χ4n) is 3.21. The number of benzene rings is 2. The van der Waals surface area contributed by atoms with E-state index in [1.54, 1.807) is 24.7 Å². The molecule has 0 bridgehead atoms. The third-order valence-electron chi connectivity index (χ3n) is 4.72. The van der Waals surface area contributed by atoms with E-state index in [0.717, 1.165) is 12.1 Å². The molecule has 2 aromatic heterocycles. The van der Waals surface area contributed by atoms with Gasteiger partial charge in [0, 0.05) is 18.7 Å². The van der Waals surface area contributed by atoms with Gasteiger partial charge in [-0.15, -0.1) is 0 Å². The number of aromatic nitrogens is 3. The summed E-state index contributed by atoms with van der Waals surface area (Å²) in [5.41, 5.74) is 2.27. The Kier molecular flexibility index (Phi) is 6.11. The summed E-state index contributed by atoms with van der Waals surface area (Å²) in [6.07, 6.45) is 3.33. The average molecular weight is 444 g/mol. The highest BCUT2D eigenvalue weighted by atomic mass is 35.5. The predicted octanol–water partition coefficient (Wildman–Crippen LogP) is 4.76. The number of imidazole rings is 1. The van der Waals surface area contributed by atoms with Crippen LogP contribution in [0.2, 0.25) is 5.02 Å². The summed E-state index contributed by atoms with van der Waals surface area (Å²) in [7, 11) is 3.96. The number of rotatable bonds is 8. The van der Waals surface area contributed by atoms with E-state index in [1.807, 2.05) is 42.5 Å². The van der Waals surface area contributed by atoms with Crippen LogP contribution in [0.3, 0.4) is 0 Å². The Morgan fingerprint density at radius 3 is 2.71 bits per heavy atom. The number of fused-ring (bicyclic) bond motifs is 3. The molecule has 0 aliphatic carbocycles. The lowest BCUT2D eigenvalue weighted by atomic mass is 10.2. The molecule has 0 aliphatic heterocycles. The molecule has 4 rings (SSSR count). The second-order valence-electron chi connectivity index (χ2n) is 7.20. The van der Waals surface area contributed by atoms with Crippen molar-refractivity contribution in [2.75, 3.05) is 39.2 Å². The van der Waals surface area contributed by atoms with E-state index < -0.39 is 5.82 Å². The first kappa shape index (κ1) is 21.1. The Morgan fingerprint density at radius 1 is 1.16 bits per heavy atom. The number of hydrogen-bond acceptors (Lipinski definition) is 6. The minimum Gasteiger partial charge on any atom is -0.490 e. The first-order chi connectivity index (χ1) is 15.0. The minimum absolute atomic E-state index is 0.160. The lowest BCUT2D eigenvalue weighted by Crippen LogP contribution is -2.19. The van der Waals surface area contributed by atoms with Crippen molar-refractivity contribution in [2.24, 2.45) is 0 Å². The second-order valence-corrected chi connectivity index (χ2v) is 7.61. The Morgan fingerprint density at radius 2 is 1.97 bits per heavy atom. The van der Waals surface area contributed by atoms with E-state index in [2.05, 4.69) is 10.3 Å². The molecule has 2 aromatic carbocycles. The zero-order valence-corrected chi connectivity index (χ0v) is 18.3. The predicted molar refractivity (Wildman–Crippen MR) is 120 cm³/mol. The lowest BCUT2D eigenvalue weighted by Gasteiger charge is -2.16. The maximum Gasteiger partial charge on any atom is 0.163 e. The van der Waals surface area contributed by atoms with Crippen molar-refractivity contribution < 1.29 is 13.9 Å². The number of hydrogen-bond donors (Lipinski definition) is 1. The van der Waals surface area contributed by atoms with Gasteiger partial charge >= 0.3 is 0 Å². The molecule has 162 valence electrons. The number of para-hydroxylation sites is 1. The molecule has 2 heterocycles. The van der Waals surface area contributed by atoms with Gasteiger partial charge in [0.15, 0.2) is 17.3 Å². The Bertz CT molecular complexity index is 1210. The van der Waals surface area contributed by atoms with Crippen LogP contribution in [0, 0.1) is 5.82 Å². The summed E-state index contributed by atoms with van der Waals surface area (Å²) in [4.78, 5) is 11.0. The van der Waals surface area contributed by atoms with Crippen molar-refractivity contribution in [3.05, 3.63) is 53.7 Å². The molecule has 4 aromatic rings. The van der Waals surface area contributed by atoms with Gasteiger partial charge in [-0.25, -0.2) is 14.4 Å². The number of halogens is 2. The van der Waals surface area contributed by atoms with Crippen molar-refractivity contribution in [1.82, 2.24) is 19.3 Å². The molecule has 9 heteroatoms. The minimum atomic E-state index is -0.466. The van der Waals surface area contributed by atoms with Crippen LogP contribution in [0.25, 0.3) is 16.6 Å². The third kappa shape index (κ3) is 4.35. The summed E-state index contributed by atoms with van der Waals surface area (Å²) in [5.74, 6) is 1.19. The fourth-order valence-corrected chi connectivity index (χ4v) is 3.42. The van der Waals surface area contributed by atoms with Crippen molar-refractivity contribution in [3.8, 4) is 11.5 Å². The quantitative estimate of drug-likeness (QED) is 0.423. The zero-order valence-electron chi connectivity index (χ0n) is 17.5. The largest absolute Gasteiger partial charge is 0.490 e. The van der Waals surface area contributed by atoms with E-state index in [-0.39, 0.29) is 10.7 Å². The van der Waals surface area contributed by atoms with Crippen molar-refractivity contribution >= 4 is 39.7 Å². The van der Waals surface area contributed by atoms with Crippen LogP contribution in [-0.2, 0) is 0 Å². The van der Waals surface area contributed by atoms with Gasteiger partial charge < -0.3 is 19.7 Å². The topological polar surface area (TPSA) is 63.9 Å². The Hall–Kier alpha value is -3.10. The molecule has 0 atom stereocenters. The normalized spacial score (nSPS) is 11.4. The molecule has 0 aliphatic rings. The molecule has 0 spiro atoms. The van der Waals surface area contributed by atoms with Gasteiger partial charge in [0.25, 0.3) is 0 Å². The van der Waals surface area contributed by atoms with Crippen LogP contribution in [0.4, 0.5) is 15.9 Å². The summed E-state index contributed by atoms with van der Waals surface area (Å²) < 4.78 is 28.0. The maximum absolute atomic E-state index is 14.3. The van der Waals surface area contributed by atoms with Crippen LogP contribution in [0.15, 0.2) is 42.9 Å². The highest BCUT2D eigenvalue weighted by molar-refractivity contribution is 6.33. The van der Waals surface area contributed by atoms with E-state index in [0.29, 0.717) is 41.6 Å². The van der Waals surface area contributed by atoms with E-state index >= 15 is 0 Å². The Balaban J connectivity index is 1.82. The second kappa shape index (κ2) is 8.95. The van der Waals surface area contributed by atoms with Crippen LogP contribution in [-0.4, -0.2) is 53.1 Å². The summed E-state index contributed by atoms with van der Waals surface area (Å²) >= 11 is 6.19. The van der Waals surface area contributed by atoms with Crippen molar-refractivity contribution in [1.29, 1.82) is 0 Å². The smallest absolute Gasteiger partial charge is 0.163 e. The van der Waals surface area contributed by atoms with Gasteiger partial charge in [-0.3, -0.25) is 4.40 Å². The SMILES string of the molecule is CCOc1cc2c(cc1OCCN(C)C)nc(Nc1c(F)cccc1Cl)c1cncn12. The average Bonchev–Trinajstić information content (AvgIpc) is 3.22. The summed E-state index contributed by atoms with van der Waals surface area (Å²) in [6, 6.07) is 8.22. The maximum atomic E-state index is 14.3. The summed E-state index contributed by atoms with van der Waals surface area (Å²) in [6.45, 7) is 3.68. The third-order valence-corrected chi connectivity index (χ3v) is 5.03. The molecule has 0 saturated carbocycles. The first-order valence-corrected chi connectivity index (χ1v) is 10.3. The number of ether oxygens (including phenoxy) is 2. The van der Waals surface area contributed by atoms with Crippen LogP contribution in [0.5, 0.6) is 11.5 Å². The van der Waals surface area contributed by atoms with Gasteiger partial charge in [0.05, 0.1) is 40.9 Å². The van der Waals surface area contributed by atoms with Gasteiger partial charge in [0.1, 0.15) is 17.9 Å². The van der Waals surface area contributed by atoms with Crippen LogP contribution >= 0.6 is 11.6 Å². The van der Waals surface area contributed by atoms with Gasteiger partial charge in [-0.1, -0.05) is 17.7 Å².